The molecule has 1 heterocycles. The Morgan fingerprint density at radius 1 is 1.47 bits per heavy atom. The summed E-state index contributed by atoms with van der Waals surface area (Å²) in [4.78, 5) is 5.44. The van der Waals surface area contributed by atoms with Crippen molar-refractivity contribution in [2.75, 3.05) is 6.54 Å². The summed E-state index contributed by atoms with van der Waals surface area (Å²) in [5.41, 5.74) is 6.79. The minimum atomic E-state index is -0.342. The monoisotopic (exact) mass is 270 g/mol. The van der Waals surface area contributed by atoms with E-state index in [1.165, 1.54) is 17.4 Å². The van der Waals surface area contributed by atoms with Crippen molar-refractivity contribution in [1.29, 1.82) is 0 Å². The molecule has 17 heavy (non-hydrogen) atoms. The van der Waals surface area contributed by atoms with Gasteiger partial charge in [0.05, 0.1) is 16.3 Å². The largest absolute Gasteiger partial charge is 0.330 e. The van der Waals surface area contributed by atoms with Gasteiger partial charge in [0.1, 0.15) is 10.8 Å². The average Bonchev–Trinajstić information content (AvgIpc) is 2.60. The van der Waals surface area contributed by atoms with Crippen LogP contribution < -0.4 is 5.73 Å². The minimum absolute atomic E-state index is 0.342. The van der Waals surface area contributed by atoms with Crippen LogP contribution in [0.5, 0.6) is 0 Å². The topological polar surface area (TPSA) is 38.9 Å². The molecule has 0 saturated heterocycles. The molecule has 0 unspecified atom stereocenters. The van der Waals surface area contributed by atoms with E-state index in [-0.39, 0.29) is 5.82 Å². The number of benzene rings is 1. The summed E-state index contributed by atoms with van der Waals surface area (Å²) in [5, 5.41) is 1.01. The van der Waals surface area contributed by atoms with Gasteiger partial charge >= 0.3 is 0 Å². The Balaban J connectivity index is 2.50. The number of thiazole rings is 1. The highest BCUT2D eigenvalue weighted by atomic mass is 35.5. The van der Waals surface area contributed by atoms with Crippen molar-refractivity contribution >= 4 is 22.9 Å². The van der Waals surface area contributed by atoms with Crippen LogP contribution in [0.4, 0.5) is 4.39 Å². The molecule has 0 radical (unpaired) electrons. The van der Waals surface area contributed by atoms with Crippen LogP contribution in [0.3, 0.4) is 0 Å². The molecular formula is C12H12ClFN2S. The zero-order valence-electron chi connectivity index (χ0n) is 9.34. The van der Waals surface area contributed by atoms with E-state index in [1.54, 1.807) is 12.1 Å². The van der Waals surface area contributed by atoms with Gasteiger partial charge in [-0.3, -0.25) is 0 Å². The van der Waals surface area contributed by atoms with Gasteiger partial charge in [0, 0.05) is 4.88 Å². The van der Waals surface area contributed by atoms with Crippen molar-refractivity contribution in [2.45, 2.75) is 13.3 Å². The Kier molecular flexibility index (Phi) is 3.76. The maximum Gasteiger partial charge on any atom is 0.134 e. The second-order valence-corrected chi connectivity index (χ2v) is 5.15. The first kappa shape index (κ1) is 12.5. The van der Waals surface area contributed by atoms with E-state index in [4.69, 9.17) is 17.3 Å². The maximum absolute atomic E-state index is 13.7. The molecule has 0 saturated carbocycles. The predicted molar refractivity (Wildman–Crippen MR) is 70.0 cm³/mol. The molecule has 90 valence electrons. The quantitative estimate of drug-likeness (QED) is 0.928. The molecule has 0 atom stereocenters. The summed E-state index contributed by atoms with van der Waals surface area (Å²) in [6, 6.07) is 4.64. The predicted octanol–water partition coefficient (Wildman–Crippen LogP) is 3.41. The number of aryl methyl sites for hydroxylation is 1. The summed E-state index contributed by atoms with van der Waals surface area (Å²) >= 11 is 7.45. The van der Waals surface area contributed by atoms with Gasteiger partial charge < -0.3 is 5.73 Å². The second kappa shape index (κ2) is 5.12. The third-order valence-electron chi connectivity index (χ3n) is 2.44. The highest BCUT2D eigenvalue weighted by molar-refractivity contribution is 7.15. The van der Waals surface area contributed by atoms with Crippen molar-refractivity contribution < 1.29 is 4.39 Å². The molecule has 2 aromatic rings. The number of hydrogen-bond donors (Lipinski definition) is 1. The first-order valence-corrected chi connectivity index (χ1v) is 6.43. The summed E-state index contributed by atoms with van der Waals surface area (Å²) in [5.74, 6) is -0.342. The standard InChI is InChI=1S/C12H12ClFN2S/c1-7-10(5-6-15)17-12(16-7)11-8(13)3-2-4-9(11)14/h2-4H,5-6,15H2,1H3. The third kappa shape index (κ3) is 2.49. The Hall–Kier alpha value is -0.970. The summed E-state index contributed by atoms with van der Waals surface area (Å²) in [7, 11) is 0. The number of halogens is 2. The van der Waals surface area contributed by atoms with Crippen LogP contribution in [0.1, 0.15) is 10.6 Å². The van der Waals surface area contributed by atoms with E-state index in [2.05, 4.69) is 4.98 Å². The first-order valence-electron chi connectivity index (χ1n) is 5.24. The molecule has 5 heteroatoms. The summed E-state index contributed by atoms with van der Waals surface area (Å²) in [6.07, 6.45) is 0.759. The van der Waals surface area contributed by atoms with Crippen LogP contribution >= 0.6 is 22.9 Å². The minimum Gasteiger partial charge on any atom is -0.330 e. The van der Waals surface area contributed by atoms with Crippen molar-refractivity contribution in [3.63, 3.8) is 0 Å². The average molecular weight is 271 g/mol. The van der Waals surface area contributed by atoms with Crippen molar-refractivity contribution in [3.05, 3.63) is 39.6 Å². The highest BCUT2D eigenvalue weighted by Gasteiger charge is 2.15. The van der Waals surface area contributed by atoms with Gasteiger partial charge in [-0.05, 0) is 32.0 Å². The number of aromatic nitrogens is 1. The van der Waals surface area contributed by atoms with Gasteiger partial charge in [-0.1, -0.05) is 17.7 Å². The van der Waals surface area contributed by atoms with Gasteiger partial charge in [-0.15, -0.1) is 11.3 Å². The smallest absolute Gasteiger partial charge is 0.134 e. The van der Waals surface area contributed by atoms with Gasteiger partial charge in [-0.25, -0.2) is 9.37 Å². The molecule has 0 aliphatic rings. The van der Waals surface area contributed by atoms with Crippen molar-refractivity contribution in [3.8, 4) is 10.6 Å². The Labute approximate surface area is 108 Å². The lowest BCUT2D eigenvalue weighted by molar-refractivity contribution is 0.631. The molecule has 2 nitrogen and oxygen atoms in total. The maximum atomic E-state index is 13.7. The molecule has 0 aliphatic carbocycles. The van der Waals surface area contributed by atoms with Crippen LogP contribution in [-0.4, -0.2) is 11.5 Å². The van der Waals surface area contributed by atoms with E-state index >= 15 is 0 Å². The zero-order valence-corrected chi connectivity index (χ0v) is 10.9. The first-order chi connectivity index (χ1) is 8.13. The van der Waals surface area contributed by atoms with Gasteiger partial charge in [0.15, 0.2) is 0 Å². The summed E-state index contributed by atoms with van der Waals surface area (Å²) in [6.45, 7) is 2.47. The molecule has 0 bridgehead atoms. The van der Waals surface area contributed by atoms with E-state index in [1.807, 2.05) is 6.92 Å². The molecule has 1 aromatic heterocycles. The molecule has 1 aromatic carbocycles. The molecule has 0 aliphatic heterocycles. The lowest BCUT2D eigenvalue weighted by Gasteiger charge is -2.00. The van der Waals surface area contributed by atoms with Crippen molar-refractivity contribution in [2.24, 2.45) is 5.73 Å². The Morgan fingerprint density at radius 3 is 2.88 bits per heavy atom. The number of nitrogens with zero attached hydrogens (tertiary/aromatic N) is 1. The second-order valence-electron chi connectivity index (χ2n) is 3.66. The van der Waals surface area contributed by atoms with Gasteiger partial charge in [-0.2, -0.15) is 0 Å². The van der Waals surface area contributed by atoms with Gasteiger partial charge in [0.25, 0.3) is 0 Å². The number of rotatable bonds is 3. The zero-order chi connectivity index (χ0) is 12.4. The van der Waals surface area contributed by atoms with Crippen LogP contribution in [0, 0.1) is 12.7 Å². The van der Waals surface area contributed by atoms with Gasteiger partial charge in [0.2, 0.25) is 0 Å². The summed E-state index contributed by atoms with van der Waals surface area (Å²) < 4.78 is 13.7. The van der Waals surface area contributed by atoms with E-state index < -0.39 is 0 Å². The molecule has 0 amide bonds. The fraction of sp³-hybridized carbons (Fsp3) is 0.250. The van der Waals surface area contributed by atoms with Crippen LogP contribution in [-0.2, 0) is 6.42 Å². The van der Waals surface area contributed by atoms with E-state index in [9.17, 15) is 4.39 Å². The SMILES string of the molecule is Cc1nc(-c2c(F)cccc2Cl)sc1CCN. The van der Waals surface area contributed by atoms with E-state index in [0.29, 0.717) is 22.1 Å². The molecule has 0 spiro atoms. The molecule has 2 rings (SSSR count). The van der Waals surface area contributed by atoms with Crippen molar-refractivity contribution in [1.82, 2.24) is 4.98 Å². The fourth-order valence-electron chi connectivity index (χ4n) is 1.60. The van der Waals surface area contributed by atoms with Crippen LogP contribution in [0.2, 0.25) is 5.02 Å². The lowest BCUT2D eigenvalue weighted by atomic mass is 10.2. The Bertz CT molecular complexity index is 519. The fourth-order valence-corrected chi connectivity index (χ4v) is 3.05. The third-order valence-corrected chi connectivity index (χ3v) is 3.99. The molecule has 2 N–H and O–H groups in total. The normalized spacial score (nSPS) is 10.8. The Morgan fingerprint density at radius 2 is 2.24 bits per heavy atom. The number of hydrogen-bond acceptors (Lipinski definition) is 3. The van der Waals surface area contributed by atoms with Crippen LogP contribution in [0.25, 0.3) is 10.6 Å². The van der Waals surface area contributed by atoms with E-state index in [0.717, 1.165) is 17.0 Å². The molecule has 0 fully saturated rings. The number of nitrogens with two attached hydrogens (primary N) is 1. The highest BCUT2D eigenvalue weighted by Crippen LogP contribution is 2.34. The lowest BCUT2D eigenvalue weighted by Crippen LogP contribution is -2.01. The molecular weight excluding hydrogens is 259 g/mol. The van der Waals surface area contributed by atoms with Crippen LogP contribution in [0.15, 0.2) is 18.2 Å².